The number of rotatable bonds is 0. The molecule has 4 N–H and O–H groups in total. The summed E-state index contributed by atoms with van der Waals surface area (Å²) in [6, 6.07) is 0. The quantitative estimate of drug-likeness (QED) is 0.220. The summed E-state index contributed by atoms with van der Waals surface area (Å²) in [6.07, 6.45) is 0. The second-order valence-corrected chi connectivity index (χ2v) is 1.80. The van der Waals surface area contributed by atoms with E-state index in [0.717, 1.165) is 0 Å². The molecule has 0 aromatic heterocycles. The first-order valence-electron chi connectivity index (χ1n) is 0.894. The molecule has 0 heterocycles. The molecular weight excluding hydrogens is 162 g/mol. The summed E-state index contributed by atoms with van der Waals surface area (Å²) in [5.41, 5.74) is 0. The van der Waals surface area contributed by atoms with Gasteiger partial charge in [0.25, 0.3) is 0 Å². The molecule has 54 valence electrons. The van der Waals surface area contributed by atoms with E-state index in [1.165, 1.54) is 0 Å². The minimum Gasteiger partial charge on any atom is -0.368 e. The predicted octanol–water partition coefficient (Wildman–Crippen LogP) is -5.19. The molecule has 0 aliphatic carbocycles. The molecule has 1 unspecified atom stereocenters. The van der Waals surface area contributed by atoms with Crippen LogP contribution in [0.3, 0.4) is 0 Å². The highest BCUT2D eigenvalue weighted by Crippen LogP contribution is 1.67. The van der Waals surface area contributed by atoms with E-state index < -0.39 is 9.05 Å². The van der Waals surface area contributed by atoms with Crippen LogP contribution in [0, 0.1) is 0 Å². The van der Waals surface area contributed by atoms with Gasteiger partial charge in [-0.2, -0.15) is 9.90 Å². The van der Waals surface area contributed by atoms with Crippen LogP contribution < -0.4 is 0 Å². The Morgan fingerprint density at radius 3 is 0.875 bits per heavy atom. The van der Waals surface area contributed by atoms with Crippen LogP contribution in [0.15, 0.2) is 0 Å². The Morgan fingerprint density at radius 1 is 0.875 bits per heavy atom. The summed E-state index contributed by atoms with van der Waals surface area (Å²) in [5, 5.41) is 0. The van der Waals surface area contributed by atoms with Crippen LogP contribution in [0.2, 0.25) is 0 Å². The lowest BCUT2D eigenvalue weighted by Gasteiger charge is -1.91. The maximum Gasteiger partial charge on any atom is 0.668 e. The molecule has 8 heavy (non-hydrogen) atoms. The van der Waals surface area contributed by atoms with Crippen molar-refractivity contribution in [2.45, 2.75) is 0 Å². The largest absolute Gasteiger partial charge is 0.668 e. The van der Waals surface area contributed by atoms with E-state index in [2.05, 4.69) is 0 Å². The van der Waals surface area contributed by atoms with Gasteiger partial charge in [0.05, 0.1) is 8.41 Å². The molecule has 0 aromatic rings. The molecule has 0 fully saturated rings. The van der Waals surface area contributed by atoms with Crippen LogP contribution >= 0.6 is 9.90 Å². The SMILES string of the molecule is B.O[Si](O)(O)O.P.[SiH4]. The van der Waals surface area contributed by atoms with Crippen LogP contribution in [0.5, 0.6) is 0 Å². The van der Waals surface area contributed by atoms with Gasteiger partial charge in [-0.3, -0.25) is 0 Å². The zero-order valence-corrected chi connectivity index (χ0v) is 5.41. The molecule has 0 aliphatic heterocycles. The van der Waals surface area contributed by atoms with Crippen molar-refractivity contribution < 1.29 is 19.2 Å². The molecule has 0 spiro atoms. The Hall–Kier alpha value is 0.769. The molecular formula is H14BO4PSi2. The summed E-state index contributed by atoms with van der Waals surface area (Å²) >= 11 is 0. The van der Waals surface area contributed by atoms with Crippen molar-refractivity contribution in [2.75, 3.05) is 0 Å². The van der Waals surface area contributed by atoms with Crippen LogP contribution in [0.25, 0.3) is 0 Å². The van der Waals surface area contributed by atoms with Gasteiger partial charge in [0.2, 0.25) is 0 Å². The Balaban J connectivity index is -0.0000000267. The zero-order chi connectivity index (χ0) is 4.50. The fraction of sp³-hybridized carbons (Fsp3) is 0. The van der Waals surface area contributed by atoms with E-state index in [-0.39, 0.29) is 29.3 Å². The fourth-order valence-corrected chi connectivity index (χ4v) is 0. The van der Waals surface area contributed by atoms with E-state index in [1.807, 2.05) is 0 Å². The molecule has 0 saturated heterocycles. The van der Waals surface area contributed by atoms with Crippen molar-refractivity contribution in [1.29, 1.82) is 0 Å². The number of hydrogen-bond donors (Lipinski definition) is 4. The Bertz CT molecular complexity index is 29.5. The van der Waals surface area contributed by atoms with Crippen molar-refractivity contribution in [3.8, 4) is 0 Å². The molecule has 0 aromatic carbocycles. The summed E-state index contributed by atoms with van der Waals surface area (Å²) in [5.74, 6) is 0. The van der Waals surface area contributed by atoms with Crippen LogP contribution in [0.4, 0.5) is 0 Å². The van der Waals surface area contributed by atoms with E-state index in [1.54, 1.807) is 0 Å². The molecule has 0 rings (SSSR count). The second kappa shape index (κ2) is 7.77. The topological polar surface area (TPSA) is 80.9 Å². The fourth-order valence-electron chi connectivity index (χ4n) is 0. The summed E-state index contributed by atoms with van der Waals surface area (Å²) in [6.45, 7) is 0. The zero-order valence-electron chi connectivity index (χ0n) is 3.00. The third-order valence-corrected chi connectivity index (χ3v) is 0. The van der Waals surface area contributed by atoms with E-state index in [4.69, 9.17) is 19.2 Å². The second-order valence-electron chi connectivity index (χ2n) is 0.600. The highest BCUT2D eigenvalue weighted by Gasteiger charge is 2.22. The monoisotopic (exact) mass is 176 g/mol. The number of hydrogen-bond acceptors (Lipinski definition) is 4. The van der Waals surface area contributed by atoms with Gasteiger partial charge >= 0.3 is 9.05 Å². The lowest BCUT2D eigenvalue weighted by Crippen LogP contribution is -2.33. The minimum absolute atomic E-state index is 0. The Morgan fingerprint density at radius 2 is 0.875 bits per heavy atom. The van der Waals surface area contributed by atoms with E-state index in [0.29, 0.717) is 0 Å². The van der Waals surface area contributed by atoms with Gasteiger partial charge in [0, 0.05) is 0 Å². The first kappa shape index (κ1) is 23.3. The van der Waals surface area contributed by atoms with E-state index >= 15 is 0 Å². The van der Waals surface area contributed by atoms with Crippen molar-refractivity contribution in [3.05, 3.63) is 0 Å². The molecule has 8 heteroatoms. The van der Waals surface area contributed by atoms with Crippen LogP contribution in [-0.4, -0.2) is 47.6 Å². The molecule has 0 amide bonds. The van der Waals surface area contributed by atoms with Crippen molar-refractivity contribution >= 4 is 38.3 Å². The molecule has 0 radical (unpaired) electrons. The first-order valence-corrected chi connectivity index (χ1v) is 2.68. The van der Waals surface area contributed by atoms with Gasteiger partial charge < -0.3 is 19.2 Å². The van der Waals surface area contributed by atoms with Crippen molar-refractivity contribution in [1.82, 2.24) is 0 Å². The van der Waals surface area contributed by atoms with Gasteiger partial charge in [0.15, 0.2) is 0 Å². The Labute approximate surface area is 58.3 Å². The molecule has 1 atom stereocenters. The highest BCUT2D eigenvalue weighted by atomic mass is 31.0. The molecule has 0 bridgehead atoms. The Kier molecular flexibility index (Phi) is 22.6. The first-order chi connectivity index (χ1) is 2.00. The molecule has 0 aliphatic rings. The lowest BCUT2D eigenvalue weighted by atomic mass is 10.8. The average Bonchev–Trinajstić information content (AvgIpc) is 0.722. The maximum absolute atomic E-state index is 7.33. The van der Waals surface area contributed by atoms with Gasteiger partial charge in [-0.15, -0.1) is 0 Å². The average molecular weight is 176 g/mol. The van der Waals surface area contributed by atoms with Crippen LogP contribution in [0.1, 0.15) is 0 Å². The minimum atomic E-state index is -4.61. The van der Waals surface area contributed by atoms with Gasteiger partial charge in [-0.1, -0.05) is 0 Å². The third-order valence-electron chi connectivity index (χ3n) is 0. The van der Waals surface area contributed by atoms with Crippen molar-refractivity contribution in [2.24, 2.45) is 0 Å². The van der Waals surface area contributed by atoms with Gasteiger partial charge in [-0.25, -0.2) is 0 Å². The van der Waals surface area contributed by atoms with Crippen LogP contribution in [-0.2, 0) is 0 Å². The summed E-state index contributed by atoms with van der Waals surface area (Å²) < 4.78 is 0. The third kappa shape index (κ3) is 381. The van der Waals surface area contributed by atoms with Gasteiger partial charge in [-0.05, 0) is 11.0 Å². The normalized spacial score (nSPS) is 7.50. The van der Waals surface area contributed by atoms with Gasteiger partial charge in [0.1, 0.15) is 0 Å². The smallest absolute Gasteiger partial charge is 0.368 e. The summed E-state index contributed by atoms with van der Waals surface area (Å²) in [7, 11) is -4.61. The standard InChI is InChI=1S/BH3.H4O4Si.H3P.H4Si/c;1-5(2,3)4;;/h1H3;1-4H;1H3;1H4. The molecule has 4 nitrogen and oxygen atoms in total. The lowest BCUT2D eigenvalue weighted by molar-refractivity contribution is 0.117. The highest BCUT2D eigenvalue weighted by molar-refractivity contribution is 6.92. The summed E-state index contributed by atoms with van der Waals surface area (Å²) in [4.78, 5) is 29.3. The maximum atomic E-state index is 7.33. The predicted molar refractivity (Wildman–Crippen MR) is 47.0 cm³/mol. The molecule has 0 saturated carbocycles. The van der Waals surface area contributed by atoms with E-state index in [9.17, 15) is 0 Å². The van der Waals surface area contributed by atoms with Crippen molar-refractivity contribution in [3.63, 3.8) is 0 Å².